The molecule has 3 nitrogen and oxygen atoms in total. The smallest absolute Gasteiger partial charge is 0.216 e. The third kappa shape index (κ3) is 0.564. The van der Waals surface area contributed by atoms with Crippen molar-refractivity contribution in [2.24, 2.45) is 0 Å². The molecule has 0 amide bonds. The molecule has 0 saturated heterocycles. The number of nitrogens with zero attached hydrogens (tertiary/aromatic N) is 3. The van der Waals surface area contributed by atoms with E-state index in [0.29, 0.717) is 0 Å². The predicted molar refractivity (Wildman–Crippen MR) is 35.6 cm³/mol. The summed E-state index contributed by atoms with van der Waals surface area (Å²) in [6.07, 6.45) is 1.72. The quantitative estimate of drug-likeness (QED) is 0.547. The van der Waals surface area contributed by atoms with E-state index in [9.17, 15) is 0 Å². The van der Waals surface area contributed by atoms with Gasteiger partial charge in [0.25, 0.3) is 0 Å². The van der Waals surface area contributed by atoms with Gasteiger partial charge in [0.2, 0.25) is 4.96 Å². The summed E-state index contributed by atoms with van der Waals surface area (Å²) in [5.74, 6) is 0. The summed E-state index contributed by atoms with van der Waals surface area (Å²) in [6, 6.07) is 0. The van der Waals surface area contributed by atoms with Crippen LogP contribution in [0.25, 0.3) is 4.96 Å². The number of aryl methyl sites for hydroxylation is 1. The Balaban J connectivity index is 2.99. The third-order valence-corrected chi connectivity index (χ3v) is 2.18. The first-order valence-electron chi connectivity index (χ1n) is 2.62. The molecule has 0 atom stereocenters. The van der Waals surface area contributed by atoms with E-state index >= 15 is 0 Å². The molecule has 0 aliphatic heterocycles. The van der Waals surface area contributed by atoms with Crippen molar-refractivity contribution in [3.8, 4) is 0 Å². The van der Waals surface area contributed by atoms with E-state index in [-0.39, 0.29) is 0 Å². The second kappa shape index (κ2) is 1.54. The van der Waals surface area contributed by atoms with Crippen molar-refractivity contribution in [1.29, 1.82) is 0 Å². The molecule has 0 bridgehead atoms. The number of hydrogen-bond donors (Lipinski definition) is 0. The molecule has 2 rings (SSSR count). The van der Waals surface area contributed by atoms with E-state index in [1.165, 1.54) is 5.69 Å². The number of aromatic nitrogens is 3. The Morgan fingerprint density at radius 2 is 2.56 bits per heavy atom. The highest BCUT2D eigenvalue weighted by atomic mass is 32.1. The van der Waals surface area contributed by atoms with Crippen molar-refractivity contribution < 1.29 is 0 Å². The highest BCUT2D eigenvalue weighted by molar-refractivity contribution is 7.15. The zero-order chi connectivity index (χ0) is 6.27. The first-order valence-corrected chi connectivity index (χ1v) is 3.50. The summed E-state index contributed by atoms with van der Waals surface area (Å²) in [6.45, 7) is 2.03. The monoisotopic (exact) mass is 139 g/mol. The molecule has 0 aromatic carbocycles. The molecule has 0 unspecified atom stereocenters. The van der Waals surface area contributed by atoms with E-state index in [1.807, 2.05) is 11.3 Å². The van der Waals surface area contributed by atoms with Crippen molar-refractivity contribution in [3.05, 3.63) is 17.4 Å². The van der Waals surface area contributed by atoms with Crippen molar-refractivity contribution in [3.63, 3.8) is 0 Å². The van der Waals surface area contributed by atoms with E-state index in [2.05, 4.69) is 15.6 Å². The summed E-state index contributed by atoms with van der Waals surface area (Å²) in [7, 11) is 0. The van der Waals surface area contributed by atoms with Gasteiger partial charge in [0.05, 0.1) is 0 Å². The van der Waals surface area contributed by atoms with Crippen molar-refractivity contribution in [2.75, 3.05) is 0 Å². The minimum atomic E-state index is 0.965. The number of hydrogen-bond acceptors (Lipinski definition) is 3. The van der Waals surface area contributed by atoms with Crippen LogP contribution in [-0.2, 0) is 0 Å². The largest absolute Gasteiger partial charge is 0.277 e. The summed E-state index contributed by atoms with van der Waals surface area (Å²) < 4.78 is 1.96. The fraction of sp³-hybridized carbons (Fsp3) is 0.200. The minimum absolute atomic E-state index is 0.965. The van der Waals surface area contributed by atoms with Crippen LogP contribution in [-0.4, -0.2) is 14.6 Å². The van der Waals surface area contributed by atoms with Crippen LogP contribution in [0.4, 0.5) is 0 Å². The molecule has 0 aliphatic rings. The topological polar surface area (TPSA) is 30.2 Å². The zero-order valence-electron chi connectivity index (χ0n) is 4.90. The Bertz CT molecular complexity index is 321. The number of thiazole rings is 1. The summed E-state index contributed by atoms with van der Waals surface area (Å²) in [4.78, 5) is 0.965. The highest BCUT2D eigenvalue weighted by Crippen LogP contribution is 2.10. The van der Waals surface area contributed by atoms with Crippen LogP contribution in [0.1, 0.15) is 5.69 Å². The van der Waals surface area contributed by atoms with Gasteiger partial charge < -0.3 is 0 Å². The van der Waals surface area contributed by atoms with E-state index in [4.69, 9.17) is 0 Å². The van der Waals surface area contributed by atoms with Gasteiger partial charge in [-0.05, 0) is 6.92 Å². The Morgan fingerprint density at radius 1 is 1.67 bits per heavy atom. The van der Waals surface area contributed by atoms with Gasteiger partial charge in [-0.15, -0.1) is 21.5 Å². The molecule has 4 heteroatoms. The van der Waals surface area contributed by atoms with E-state index in [0.717, 1.165) is 4.96 Å². The fourth-order valence-corrected chi connectivity index (χ4v) is 1.53. The van der Waals surface area contributed by atoms with Gasteiger partial charge in [0.1, 0.15) is 6.33 Å². The van der Waals surface area contributed by atoms with Crippen molar-refractivity contribution >= 4 is 16.3 Å². The molecule has 0 spiro atoms. The standard InChI is InChI=1S/C5H5N3S/c1-4-2-9-5-7-6-3-8(4)5/h2-3H,1H3. The lowest BCUT2D eigenvalue weighted by atomic mass is 10.6. The average Bonchev–Trinajstić information content (AvgIpc) is 2.35. The molecule has 0 aliphatic carbocycles. The van der Waals surface area contributed by atoms with E-state index < -0.39 is 0 Å². The van der Waals surface area contributed by atoms with E-state index in [1.54, 1.807) is 17.7 Å². The SMILES string of the molecule is Cc1csc2nncn12. The molecule has 0 saturated carbocycles. The Morgan fingerprint density at radius 3 is 3.33 bits per heavy atom. The zero-order valence-corrected chi connectivity index (χ0v) is 5.72. The van der Waals surface area contributed by atoms with Gasteiger partial charge in [0, 0.05) is 11.1 Å². The molecular formula is C5H5N3S. The third-order valence-electron chi connectivity index (χ3n) is 1.23. The molecule has 2 aromatic rings. The molecular weight excluding hydrogens is 134 g/mol. The maximum atomic E-state index is 3.87. The second-order valence-electron chi connectivity index (χ2n) is 1.86. The Hall–Kier alpha value is -0.900. The first kappa shape index (κ1) is 4.93. The molecule has 9 heavy (non-hydrogen) atoms. The van der Waals surface area contributed by atoms with Crippen LogP contribution in [0, 0.1) is 6.92 Å². The van der Waals surface area contributed by atoms with Crippen LogP contribution < -0.4 is 0 Å². The van der Waals surface area contributed by atoms with Crippen molar-refractivity contribution in [2.45, 2.75) is 6.92 Å². The lowest BCUT2D eigenvalue weighted by Crippen LogP contribution is -1.77. The Labute approximate surface area is 56.0 Å². The minimum Gasteiger partial charge on any atom is -0.277 e. The summed E-state index contributed by atoms with van der Waals surface area (Å²) in [5.41, 5.74) is 1.19. The average molecular weight is 139 g/mol. The first-order chi connectivity index (χ1) is 4.38. The molecule has 2 aromatic heterocycles. The van der Waals surface area contributed by atoms with Gasteiger partial charge in [-0.25, -0.2) is 0 Å². The van der Waals surface area contributed by atoms with Crippen molar-refractivity contribution in [1.82, 2.24) is 14.6 Å². The molecule has 0 fully saturated rings. The van der Waals surface area contributed by atoms with Crippen LogP contribution in [0.3, 0.4) is 0 Å². The van der Waals surface area contributed by atoms with Gasteiger partial charge in [0.15, 0.2) is 0 Å². The Kier molecular flexibility index (Phi) is 0.843. The summed E-state index contributed by atoms with van der Waals surface area (Å²) >= 11 is 1.61. The van der Waals surface area contributed by atoms with Crippen LogP contribution in [0.5, 0.6) is 0 Å². The van der Waals surface area contributed by atoms with Gasteiger partial charge in [-0.3, -0.25) is 4.40 Å². The van der Waals surface area contributed by atoms with Gasteiger partial charge >= 0.3 is 0 Å². The highest BCUT2D eigenvalue weighted by Gasteiger charge is 1.97. The predicted octanol–water partition coefficient (Wildman–Crippen LogP) is 1.10. The molecule has 46 valence electrons. The molecule has 0 N–H and O–H groups in total. The van der Waals surface area contributed by atoms with Gasteiger partial charge in [-0.1, -0.05) is 0 Å². The maximum absolute atomic E-state index is 3.87. The molecule has 2 heterocycles. The van der Waals surface area contributed by atoms with Crippen LogP contribution in [0.15, 0.2) is 11.7 Å². The maximum Gasteiger partial charge on any atom is 0.216 e. The lowest BCUT2D eigenvalue weighted by Gasteiger charge is -1.80. The molecule has 0 radical (unpaired) electrons. The summed E-state index contributed by atoms with van der Waals surface area (Å²) in [5, 5.41) is 9.68. The number of rotatable bonds is 0. The van der Waals surface area contributed by atoms with Crippen LogP contribution >= 0.6 is 11.3 Å². The van der Waals surface area contributed by atoms with Gasteiger partial charge in [-0.2, -0.15) is 0 Å². The fourth-order valence-electron chi connectivity index (χ4n) is 0.741. The lowest BCUT2D eigenvalue weighted by molar-refractivity contribution is 1.08. The van der Waals surface area contributed by atoms with Crippen LogP contribution in [0.2, 0.25) is 0 Å². The second-order valence-corrected chi connectivity index (χ2v) is 2.70. The normalized spacial score (nSPS) is 10.8. The number of fused-ring (bicyclic) bond motifs is 1.